The Morgan fingerprint density at radius 1 is 1.38 bits per heavy atom. The molecule has 1 heterocycles. The average Bonchev–Trinajstić information content (AvgIpc) is 2.57. The van der Waals surface area contributed by atoms with Crippen molar-refractivity contribution < 1.29 is 19.4 Å². The highest BCUT2D eigenvalue weighted by Gasteiger charge is 2.41. The molecule has 134 valence electrons. The van der Waals surface area contributed by atoms with Gasteiger partial charge in [-0.3, -0.25) is 9.69 Å². The van der Waals surface area contributed by atoms with E-state index in [-0.39, 0.29) is 0 Å². The molecule has 1 aromatic rings. The number of carboxylic acids is 1. The smallest absolute Gasteiger partial charge is 0.310 e. The van der Waals surface area contributed by atoms with Gasteiger partial charge in [0, 0.05) is 13.1 Å². The van der Waals surface area contributed by atoms with Crippen LogP contribution in [0.5, 0.6) is 11.5 Å². The molecule has 24 heavy (non-hydrogen) atoms. The molecule has 0 amide bonds. The summed E-state index contributed by atoms with van der Waals surface area (Å²) in [6.45, 7) is 4.08. The van der Waals surface area contributed by atoms with Gasteiger partial charge in [-0.15, -0.1) is 0 Å². The predicted molar refractivity (Wildman–Crippen MR) is 94.0 cm³/mol. The van der Waals surface area contributed by atoms with Gasteiger partial charge in [0.05, 0.1) is 24.7 Å². The Kier molecular flexibility index (Phi) is 6.35. The molecule has 0 spiro atoms. The standard InChI is InChI=1S/C18H26ClNO4/c1-4-8-18(17(21)22)9-5-10-20(12-18)11-13-6-7-14(23-2)16(24-3)15(13)19/h6-7H,4-5,8-12H2,1-3H3,(H,21,22)/t18-/m0/s1. The normalized spacial score (nSPS) is 21.5. The van der Waals surface area contributed by atoms with E-state index >= 15 is 0 Å². The van der Waals surface area contributed by atoms with E-state index in [1.807, 2.05) is 19.1 Å². The molecule has 2 rings (SSSR count). The number of benzene rings is 1. The minimum Gasteiger partial charge on any atom is -0.493 e. The van der Waals surface area contributed by atoms with Gasteiger partial charge in [0.15, 0.2) is 11.5 Å². The lowest BCUT2D eigenvalue weighted by Crippen LogP contribution is -2.47. The number of halogens is 1. The number of likely N-dealkylation sites (tertiary alicyclic amines) is 1. The van der Waals surface area contributed by atoms with Crippen LogP contribution in [0, 0.1) is 5.41 Å². The Morgan fingerprint density at radius 3 is 2.71 bits per heavy atom. The molecule has 6 heteroatoms. The topological polar surface area (TPSA) is 59.0 Å². The van der Waals surface area contributed by atoms with E-state index in [0.717, 1.165) is 31.4 Å². The first-order valence-electron chi connectivity index (χ1n) is 8.32. The van der Waals surface area contributed by atoms with Crippen LogP contribution < -0.4 is 9.47 Å². The fourth-order valence-corrected chi connectivity index (χ4v) is 3.91. The second kappa shape index (κ2) is 8.08. The summed E-state index contributed by atoms with van der Waals surface area (Å²) in [5.41, 5.74) is 0.280. The molecule has 1 N–H and O–H groups in total. The highest BCUT2D eigenvalue weighted by atomic mass is 35.5. The van der Waals surface area contributed by atoms with Gasteiger partial charge in [0.1, 0.15) is 0 Å². The number of hydrogen-bond donors (Lipinski definition) is 1. The van der Waals surface area contributed by atoms with E-state index < -0.39 is 11.4 Å². The van der Waals surface area contributed by atoms with Gasteiger partial charge in [0.25, 0.3) is 0 Å². The van der Waals surface area contributed by atoms with E-state index in [0.29, 0.717) is 36.0 Å². The maximum Gasteiger partial charge on any atom is 0.310 e. The molecule has 0 bridgehead atoms. The van der Waals surface area contributed by atoms with Crippen molar-refractivity contribution in [3.8, 4) is 11.5 Å². The molecule has 1 aliphatic heterocycles. The second-order valence-electron chi connectivity index (χ2n) is 6.42. The number of carbonyl (C=O) groups is 1. The number of nitrogens with zero attached hydrogens (tertiary/aromatic N) is 1. The zero-order valence-corrected chi connectivity index (χ0v) is 15.4. The monoisotopic (exact) mass is 355 g/mol. The van der Waals surface area contributed by atoms with Crippen LogP contribution in [0.1, 0.15) is 38.2 Å². The molecule has 1 saturated heterocycles. The summed E-state index contributed by atoms with van der Waals surface area (Å²) in [6, 6.07) is 3.75. The Hall–Kier alpha value is -1.46. The molecule has 0 unspecified atom stereocenters. The Bertz CT molecular complexity index is 589. The maximum absolute atomic E-state index is 11.8. The lowest BCUT2D eigenvalue weighted by atomic mass is 9.76. The first kappa shape index (κ1) is 18.9. The van der Waals surface area contributed by atoms with Crippen molar-refractivity contribution >= 4 is 17.6 Å². The third-order valence-electron chi connectivity index (χ3n) is 4.80. The van der Waals surface area contributed by atoms with Gasteiger partial charge in [0.2, 0.25) is 0 Å². The summed E-state index contributed by atoms with van der Waals surface area (Å²) in [6.07, 6.45) is 3.21. The van der Waals surface area contributed by atoms with E-state index in [1.165, 1.54) is 0 Å². The number of aliphatic carboxylic acids is 1. The van der Waals surface area contributed by atoms with E-state index in [2.05, 4.69) is 4.90 Å². The molecule has 1 aromatic carbocycles. The molecular weight excluding hydrogens is 330 g/mol. The molecule has 1 atom stereocenters. The quantitative estimate of drug-likeness (QED) is 0.805. The van der Waals surface area contributed by atoms with Gasteiger partial charge >= 0.3 is 5.97 Å². The summed E-state index contributed by atoms with van der Waals surface area (Å²) in [5.74, 6) is 0.426. The first-order chi connectivity index (χ1) is 11.5. The molecule has 0 aromatic heterocycles. The molecule has 0 saturated carbocycles. The SMILES string of the molecule is CCC[C@]1(C(=O)O)CCCN(Cc2ccc(OC)c(OC)c2Cl)C1. The molecule has 1 aliphatic rings. The minimum atomic E-state index is -0.688. The summed E-state index contributed by atoms with van der Waals surface area (Å²) in [7, 11) is 3.13. The molecule has 0 aliphatic carbocycles. The van der Waals surface area contributed by atoms with Crippen molar-refractivity contribution in [1.29, 1.82) is 0 Å². The number of ether oxygens (including phenoxy) is 2. The zero-order valence-electron chi connectivity index (χ0n) is 14.6. The molecule has 1 fully saturated rings. The molecule has 5 nitrogen and oxygen atoms in total. The average molecular weight is 356 g/mol. The van der Waals surface area contributed by atoms with Crippen LogP contribution in [0.4, 0.5) is 0 Å². The maximum atomic E-state index is 11.8. The number of rotatable bonds is 7. The highest BCUT2D eigenvalue weighted by molar-refractivity contribution is 6.33. The summed E-state index contributed by atoms with van der Waals surface area (Å²) in [4.78, 5) is 14.0. The van der Waals surface area contributed by atoms with Crippen molar-refractivity contribution in [3.05, 3.63) is 22.7 Å². The van der Waals surface area contributed by atoms with Crippen molar-refractivity contribution in [3.63, 3.8) is 0 Å². The van der Waals surface area contributed by atoms with Crippen LogP contribution in [0.15, 0.2) is 12.1 Å². The van der Waals surface area contributed by atoms with Crippen LogP contribution in [0.2, 0.25) is 5.02 Å². The van der Waals surface area contributed by atoms with Crippen LogP contribution >= 0.6 is 11.6 Å². The van der Waals surface area contributed by atoms with E-state index in [4.69, 9.17) is 21.1 Å². The number of hydrogen-bond acceptors (Lipinski definition) is 4. The highest BCUT2D eigenvalue weighted by Crippen LogP contribution is 2.39. The van der Waals surface area contributed by atoms with Crippen molar-refractivity contribution in [2.75, 3.05) is 27.3 Å². The fraction of sp³-hybridized carbons (Fsp3) is 0.611. The molecule has 0 radical (unpaired) electrons. The predicted octanol–water partition coefficient (Wildman–Crippen LogP) is 3.82. The third-order valence-corrected chi connectivity index (χ3v) is 5.21. The van der Waals surface area contributed by atoms with Crippen LogP contribution in [-0.2, 0) is 11.3 Å². The van der Waals surface area contributed by atoms with E-state index in [9.17, 15) is 9.90 Å². The van der Waals surface area contributed by atoms with Crippen LogP contribution in [0.3, 0.4) is 0 Å². The van der Waals surface area contributed by atoms with Gasteiger partial charge in [-0.25, -0.2) is 0 Å². The third kappa shape index (κ3) is 3.78. The second-order valence-corrected chi connectivity index (χ2v) is 6.80. The van der Waals surface area contributed by atoms with Gasteiger partial charge in [-0.2, -0.15) is 0 Å². The van der Waals surface area contributed by atoms with E-state index in [1.54, 1.807) is 14.2 Å². The van der Waals surface area contributed by atoms with Crippen molar-refractivity contribution in [1.82, 2.24) is 4.90 Å². The Labute approximate surface area is 148 Å². The lowest BCUT2D eigenvalue weighted by molar-refractivity contribution is -0.153. The minimum absolute atomic E-state index is 0.520. The number of methoxy groups -OCH3 is 2. The summed E-state index contributed by atoms with van der Waals surface area (Å²) >= 11 is 6.46. The van der Waals surface area contributed by atoms with Crippen LogP contribution in [-0.4, -0.2) is 43.3 Å². The zero-order chi connectivity index (χ0) is 17.7. The van der Waals surface area contributed by atoms with Gasteiger partial charge < -0.3 is 14.6 Å². The Morgan fingerprint density at radius 2 is 2.12 bits per heavy atom. The number of piperidine rings is 1. The van der Waals surface area contributed by atoms with Gasteiger partial charge in [-0.05, 0) is 37.4 Å². The summed E-state index contributed by atoms with van der Waals surface area (Å²) < 4.78 is 10.6. The fourth-order valence-electron chi connectivity index (χ4n) is 3.62. The van der Waals surface area contributed by atoms with Crippen LogP contribution in [0.25, 0.3) is 0 Å². The van der Waals surface area contributed by atoms with Crippen molar-refractivity contribution in [2.45, 2.75) is 39.2 Å². The first-order valence-corrected chi connectivity index (χ1v) is 8.70. The molecular formula is C18H26ClNO4. The van der Waals surface area contributed by atoms with Crippen molar-refractivity contribution in [2.24, 2.45) is 5.41 Å². The lowest BCUT2D eigenvalue weighted by Gasteiger charge is -2.40. The Balaban J connectivity index is 2.20. The summed E-state index contributed by atoms with van der Waals surface area (Å²) in [5, 5.41) is 10.2. The largest absolute Gasteiger partial charge is 0.493 e. The van der Waals surface area contributed by atoms with Gasteiger partial charge in [-0.1, -0.05) is 31.0 Å². The number of carboxylic acid groups (broad SMARTS) is 1.